The molecule has 0 radical (unpaired) electrons. The smallest absolute Gasteiger partial charge is 0.295 e. The molecule has 0 saturated carbocycles. The maximum absolute atomic E-state index is 13.6. The molecule has 0 spiro atoms. The topological polar surface area (TPSA) is 128 Å². The molecule has 200 valence electrons. The van der Waals surface area contributed by atoms with Gasteiger partial charge in [0.1, 0.15) is 17.2 Å². The lowest BCUT2D eigenvalue weighted by Crippen LogP contribution is -2.51. The minimum absolute atomic E-state index is 0.0369. The first-order valence-corrected chi connectivity index (χ1v) is 12.0. The summed E-state index contributed by atoms with van der Waals surface area (Å²) in [4.78, 5) is 50.5. The number of methoxy groups -OCH3 is 3. The van der Waals surface area contributed by atoms with E-state index in [1.807, 2.05) is 0 Å². The molecule has 1 N–H and O–H groups in total. The summed E-state index contributed by atoms with van der Waals surface area (Å²) in [5, 5.41) is 3.15. The van der Waals surface area contributed by atoms with Crippen molar-refractivity contribution >= 4 is 46.1 Å². The quantitative estimate of drug-likeness (QED) is 0.336. The van der Waals surface area contributed by atoms with Crippen molar-refractivity contribution < 1.29 is 23.8 Å². The number of aromatic nitrogens is 3. The van der Waals surface area contributed by atoms with Gasteiger partial charge in [0.15, 0.2) is 23.0 Å². The molecule has 3 heterocycles. The molecule has 3 aromatic rings. The molecular weight excluding hydrogens is 516 g/mol. The standard InChI is InChI=1S/C25H27ClN6O6/c1-5-20(33)30-8-10-31(11-9-30)21(34)14-32-24-16(6-7-19(26)29-24)28-23(25(32)35)27-15-12-17(36-2)22(38-4)18(13-15)37-3/h5-7,12-13H,1,8-11,14H2,2-4H3,(H,27,28). The molecule has 38 heavy (non-hydrogen) atoms. The highest BCUT2D eigenvalue weighted by atomic mass is 35.5. The number of benzene rings is 1. The first-order chi connectivity index (χ1) is 18.3. The number of hydrogen-bond acceptors (Lipinski definition) is 9. The van der Waals surface area contributed by atoms with E-state index in [-0.39, 0.29) is 35.0 Å². The number of nitrogens with zero attached hydrogens (tertiary/aromatic N) is 5. The molecule has 2 amide bonds. The molecule has 0 aliphatic carbocycles. The van der Waals surface area contributed by atoms with Gasteiger partial charge < -0.3 is 29.3 Å². The zero-order valence-corrected chi connectivity index (χ0v) is 21.9. The van der Waals surface area contributed by atoms with Crippen LogP contribution in [0.5, 0.6) is 17.2 Å². The van der Waals surface area contributed by atoms with Crippen molar-refractivity contribution in [1.29, 1.82) is 0 Å². The molecule has 2 aromatic heterocycles. The van der Waals surface area contributed by atoms with E-state index in [0.29, 0.717) is 54.6 Å². The van der Waals surface area contributed by atoms with Gasteiger partial charge >= 0.3 is 0 Å². The molecule has 1 aliphatic heterocycles. The molecule has 1 aromatic carbocycles. The number of nitrogens with one attached hydrogen (secondary N) is 1. The minimum Gasteiger partial charge on any atom is -0.493 e. The number of piperazine rings is 1. The van der Waals surface area contributed by atoms with Crippen molar-refractivity contribution in [2.45, 2.75) is 6.54 Å². The molecule has 12 nitrogen and oxygen atoms in total. The summed E-state index contributed by atoms with van der Waals surface area (Å²) in [6.45, 7) is 4.63. The Morgan fingerprint density at radius 2 is 1.66 bits per heavy atom. The van der Waals surface area contributed by atoms with Crippen LogP contribution in [0, 0.1) is 0 Å². The number of ether oxygens (including phenoxy) is 3. The van der Waals surface area contributed by atoms with Crippen molar-refractivity contribution in [3.63, 3.8) is 0 Å². The van der Waals surface area contributed by atoms with Gasteiger partial charge in [0.25, 0.3) is 5.56 Å². The van der Waals surface area contributed by atoms with Crippen molar-refractivity contribution in [2.24, 2.45) is 0 Å². The first-order valence-electron chi connectivity index (χ1n) is 11.6. The second-order valence-electron chi connectivity index (χ2n) is 8.28. The van der Waals surface area contributed by atoms with Gasteiger partial charge in [0, 0.05) is 44.0 Å². The number of halogens is 1. The van der Waals surface area contributed by atoms with Gasteiger partial charge in [0.2, 0.25) is 17.6 Å². The Bertz CT molecular complexity index is 1430. The van der Waals surface area contributed by atoms with Crippen LogP contribution in [0.1, 0.15) is 0 Å². The van der Waals surface area contributed by atoms with E-state index in [1.54, 1.807) is 34.1 Å². The van der Waals surface area contributed by atoms with Crippen LogP contribution in [0.2, 0.25) is 5.15 Å². The van der Waals surface area contributed by atoms with Crippen LogP contribution in [0.3, 0.4) is 0 Å². The highest BCUT2D eigenvalue weighted by Crippen LogP contribution is 2.40. The van der Waals surface area contributed by atoms with Crippen LogP contribution in [-0.2, 0) is 16.1 Å². The van der Waals surface area contributed by atoms with Gasteiger partial charge in [-0.05, 0) is 18.2 Å². The van der Waals surface area contributed by atoms with E-state index in [4.69, 9.17) is 25.8 Å². The Kier molecular flexibility index (Phi) is 8.01. The Balaban J connectivity index is 1.68. The minimum atomic E-state index is -0.574. The van der Waals surface area contributed by atoms with E-state index in [0.717, 1.165) is 0 Å². The summed E-state index contributed by atoms with van der Waals surface area (Å²) in [5.41, 5.74) is 0.408. The predicted molar refractivity (Wildman–Crippen MR) is 142 cm³/mol. The molecule has 0 atom stereocenters. The van der Waals surface area contributed by atoms with Gasteiger partial charge in [-0.3, -0.25) is 19.0 Å². The number of amides is 2. The van der Waals surface area contributed by atoms with E-state index >= 15 is 0 Å². The van der Waals surface area contributed by atoms with E-state index < -0.39 is 5.56 Å². The largest absolute Gasteiger partial charge is 0.493 e. The summed E-state index contributed by atoms with van der Waals surface area (Å²) in [5.74, 6) is 0.635. The number of hydrogen-bond donors (Lipinski definition) is 1. The predicted octanol–water partition coefficient (Wildman–Crippen LogP) is 2.07. The molecule has 1 saturated heterocycles. The molecule has 4 rings (SSSR count). The maximum Gasteiger partial charge on any atom is 0.295 e. The van der Waals surface area contributed by atoms with E-state index in [9.17, 15) is 14.4 Å². The zero-order chi connectivity index (χ0) is 27.4. The number of carbonyl (C=O) groups excluding carboxylic acids is 2. The third-order valence-corrected chi connectivity index (χ3v) is 6.31. The first kappa shape index (κ1) is 26.7. The summed E-state index contributed by atoms with van der Waals surface area (Å²) in [6, 6.07) is 6.43. The summed E-state index contributed by atoms with van der Waals surface area (Å²) >= 11 is 6.10. The molecular formula is C25H27ClN6O6. The van der Waals surface area contributed by atoms with Crippen LogP contribution in [0.4, 0.5) is 11.5 Å². The average molecular weight is 543 g/mol. The van der Waals surface area contributed by atoms with E-state index in [2.05, 4.69) is 21.9 Å². The fraction of sp³-hybridized carbons (Fsp3) is 0.320. The van der Waals surface area contributed by atoms with Crippen molar-refractivity contribution in [3.8, 4) is 17.2 Å². The lowest BCUT2D eigenvalue weighted by molar-refractivity contribution is -0.137. The monoisotopic (exact) mass is 542 g/mol. The second-order valence-corrected chi connectivity index (χ2v) is 8.66. The van der Waals surface area contributed by atoms with Crippen molar-refractivity contribution in [2.75, 3.05) is 52.8 Å². The maximum atomic E-state index is 13.6. The van der Waals surface area contributed by atoms with Gasteiger partial charge in [-0.25, -0.2) is 9.97 Å². The Morgan fingerprint density at radius 3 is 2.24 bits per heavy atom. The normalized spacial score (nSPS) is 13.3. The van der Waals surface area contributed by atoms with Crippen molar-refractivity contribution in [1.82, 2.24) is 24.3 Å². The zero-order valence-electron chi connectivity index (χ0n) is 21.2. The summed E-state index contributed by atoms with van der Waals surface area (Å²) in [7, 11) is 4.45. The second kappa shape index (κ2) is 11.4. The Hall–Kier alpha value is -4.32. The number of carbonyl (C=O) groups is 2. The van der Waals surface area contributed by atoms with Crippen LogP contribution in [0.15, 0.2) is 41.7 Å². The lowest BCUT2D eigenvalue weighted by Gasteiger charge is -2.34. The van der Waals surface area contributed by atoms with Crippen LogP contribution in [-0.4, -0.2) is 83.7 Å². The van der Waals surface area contributed by atoms with Gasteiger partial charge in [-0.15, -0.1) is 0 Å². The number of pyridine rings is 1. The summed E-state index contributed by atoms with van der Waals surface area (Å²) < 4.78 is 17.4. The molecule has 1 aliphatic rings. The molecule has 1 fully saturated rings. The highest BCUT2D eigenvalue weighted by Gasteiger charge is 2.25. The molecule has 13 heteroatoms. The Labute approximate surface area is 223 Å². The lowest BCUT2D eigenvalue weighted by atomic mass is 10.2. The van der Waals surface area contributed by atoms with Gasteiger partial charge in [0.05, 0.1) is 21.3 Å². The van der Waals surface area contributed by atoms with Crippen LogP contribution < -0.4 is 25.1 Å². The van der Waals surface area contributed by atoms with E-state index in [1.165, 1.54) is 32.0 Å². The third kappa shape index (κ3) is 5.35. The number of rotatable bonds is 8. The Morgan fingerprint density at radius 1 is 1.03 bits per heavy atom. The van der Waals surface area contributed by atoms with Crippen LogP contribution >= 0.6 is 11.6 Å². The van der Waals surface area contributed by atoms with Crippen molar-refractivity contribution in [3.05, 3.63) is 52.4 Å². The SMILES string of the molecule is C=CC(=O)N1CCN(C(=O)Cn2c(=O)c(Nc3cc(OC)c(OC)c(OC)c3)nc3ccc(Cl)nc32)CC1. The summed E-state index contributed by atoms with van der Waals surface area (Å²) in [6.07, 6.45) is 1.25. The molecule has 0 bridgehead atoms. The number of fused-ring (bicyclic) bond motifs is 1. The highest BCUT2D eigenvalue weighted by molar-refractivity contribution is 6.29. The third-order valence-electron chi connectivity index (χ3n) is 6.10. The average Bonchev–Trinajstić information content (AvgIpc) is 2.94. The fourth-order valence-electron chi connectivity index (χ4n) is 4.15. The number of anilines is 2. The molecule has 0 unspecified atom stereocenters. The van der Waals surface area contributed by atoms with Gasteiger partial charge in [-0.2, -0.15) is 0 Å². The van der Waals surface area contributed by atoms with Crippen LogP contribution in [0.25, 0.3) is 11.2 Å². The van der Waals surface area contributed by atoms with Gasteiger partial charge in [-0.1, -0.05) is 18.2 Å². The fourth-order valence-corrected chi connectivity index (χ4v) is 4.30.